The van der Waals surface area contributed by atoms with Gasteiger partial charge in [-0.2, -0.15) is 0 Å². The average Bonchev–Trinajstić information content (AvgIpc) is 2.54. The summed E-state index contributed by atoms with van der Waals surface area (Å²) >= 11 is 0. The summed E-state index contributed by atoms with van der Waals surface area (Å²) in [6.45, 7) is 0.529. The molecule has 7 heteroatoms. The maximum absolute atomic E-state index is 11.8. The Kier molecular flexibility index (Phi) is 7.95. The van der Waals surface area contributed by atoms with Crippen molar-refractivity contribution in [2.45, 2.75) is 18.9 Å². The number of carbonyl (C=O) groups excluding carboxylic acids is 2. The Balaban J connectivity index is 2.41. The summed E-state index contributed by atoms with van der Waals surface area (Å²) in [5, 5.41) is 2.75. The van der Waals surface area contributed by atoms with Crippen molar-refractivity contribution >= 4 is 17.6 Å². The van der Waals surface area contributed by atoms with Gasteiger partial charge in [-0.15, -0.1) is 0 Å². The summed E-state index contributed by atoms with van der Waals surface area (Å²) in [5.74, 6) is 0.117. The van der Waals surface area contributed by atoms with Gasteiger partial charge in [0, 0.05) is 19.3 Å². The van der Waals surface area contributed by atoms with Gasteiger partial charge in [-0.3, -0.25) is 9.59 Å². The van der Waals surface area contributed by atoms with Gasteiger partial charge >= 0.3 is 5.97 Å². The van der Waals surface area contributed by atoms with Crippen molar-refractivity contribution in [1.29, 1.82) is 0 Å². The SMILES string of the molecule is COC(=O)CCOc1ccc(NC(=O)CC(CN)OC)cc1. The van der Waals surface area contributed by atoms with Gasteiger partial charge in [-0.1, -0.05) is 0 Å². The number of methoxy groups -OCH3 is 2. The zero-order chi connectivity index (χ0) is 16.4. The third-order valence-corrected chi connectivity index (χ3v) is 2.95. The maximum Gasteiger partial charge on any atom is 0.308 e. The standard InChI is InChI=1S/C15H22N2O5/c1-20-13(10-16)9-14(18)17-11-3-5-12(6-4-11)22-8-7-15(19)21-2/h3-6,13H,7-10,16H2,1-2H3,(H,17,18). The molecule has 7 nitrogen and oxygen atoms in total. The highest BCUT2D eigenvalue weighted by atomic mass is 16.5. The Labute approximate surface area is 129 Å². The largest absolute Gasteiger partial charge is 0.493 e. The predicted molar refractivity (Wildman–Crippen MR) is 81.7 cm³/mol. The zero-order valence-corrected chi connectivity index (χ0v) is 12.8. The highest BCUT2D eigenvalue weighted by Gasteiger charge is 2.11. The number of amides is 1. The third-order valence-electron chi connectivity index (χ3n) is 2.95. The fourth-order valence-electron chi connectivity index (χ4n) is 1.67. The molecule has 0 saturated heterocycles. The molecule has 1 aromatic rings. The Morgan fingerprint density at radius 3 is 2.45 bits per heavy atom. The van der Waals surface area contributed by atoms with Crippen LogP contribution in [0, 0.1) is 0 Å². The molecule has 0 radical (unpaired) electrons. The second kappa shape index (κ2) is 9.75. The third kappa shape index (κ3) is 6.55. The smallest absolute Gasteiger partial charge is 0.308 e. The number of nitrogens with one attached hydrogen (secondary N) is 1. The number of carbonyl (C=O) groups is 2. The van der Waals surface area contributed by atoms with Gasteiger partial charge in [-0.05, 0) is 24.3 Å². The lowest BCUT2D eigenvalue weighted by molar-refractivity contribution is -0.141. The van der Waals surface area contributed by atoms with Crippen LogP contribution in [-0.2, 0) is 19.1 Å². The molecule has 0 aromatic heterocycles. The van der Waals surface area contributed by atoms with Crippen molar-refractivity contribution in [3.05, 3.63) is 24.3 Å². The second-order valence-electron chi connectivity index (χ2n) is 4.54. The summed E-state index contributed by atoms with van der Waals surface area (Å²) in [4.78, 5) is 22.7. The molecule has 0 spiro atoms. The van der Waals surface area contributed by atoms with Crippen molar-refractivity contribution in [3.8, 4) is 5.75 Å². The number of hydrogen-bond donors (Lipinski definition) is 2. The van der Waals surface area contributed by atoms with Crippen LogP contribution in [0.15, 0.2) is 24.3 Å². The fraction of sp³-hybridized carbons (Fsp3) is 0.467. The van der Waals surface area contributed by atoms with Crippen molar-refractivity contribution in [1.82, 2.24) is 0 Å². The fourth-order valence-corrected chi connectivity index (χ4v) is 1.67. The van der Waals surface area contributed by atoms with E-state index in [0.717, 1.165) is 0 Å². The lowest BCUT2D eigenvalue weighted by Crippen LogP contribution is -2.28. The number of hydrogen-bond acceptors (Lipinski definition) is 6. The number of benzene rings is 1. The van der Waals surface area contributed by atoms with E-state index >= 15 is 0 Å². The minimum Gasteiger partial charge on any atom is -0.493 e. The molecule has 1 unspecified atom stereocenters. The highest BCUT2D eigenvalue weighted by Crippen LogP contribution is 2.16. The van der Waals surface area contributed by atoms with E-state index in [2.05, 4.69) is 10.1 Å². The number of anilines is 1. The maximum atomic E-state index is 11.8. The van der Waals surface area contributed by atoms with Crippen LogP contribution in [0.1, 0.15) is 12.8 Å². The van der Waals surface area contributed by atoms with E-state index in [9.17, 15) is 9.59 Å². The summed E-state index contributed by atoms with van der Waals surface area (Å²) in [5.41, 5.74) is 6.12. The lowest BCUT2D eigenvalue weighted by Gasteiger charge is -2.13. The van der Waals surface area contributed by atoms with Crippen LogP contribution in [0.5, 0.6) is 5.75 Å². The van der Waals surface area contributed by atoms with E-state index in [0.29, 0.717) is 11.4 Å². The van der Waals surface area contributed by atoms with Crippen molar-refractivity contribution in [2.24, 2.45) is 5.73 Å². The second-order valence-corrected chi connectivity index (χ2v) is 4.54. The molecule has 0 aliphatic heterocycles. The molecule has 3 N–H and O–H groups in total. The van der Waals surface area contributed by atoms with Gasteiger partial charge in [0.15, 0.2) is 0 Å². The number of ether oxygens (including phenoxy) is 3. The van der Waals surface area contributed by atoms with E-state index in [1.54, 1.807) is 24.3 Å². The molecule has 1 amide bonds. The van der Waals surface area contributed by atoms with Crippen molar-refractivity contribution in [3.63, 3.8) is 0 Å². The van der Waals surface area contributed by atoms with Crippen LogP contribution in [0.4, 0.5) is 5.69 Å². The first-order valence-electron chi connectivity index (χ1n) is 6.91. The Morgan fingerprint density at radius 2 is 1.91 bits per heavy atom. The first kappa shape index (κ1) is 17.9. The summed E-state index contributed by atoms with van der Waals surface area (Å²) in [6, 6.07) is 6.86. The van der Waals surface area contributed by atoms with Crippen LogP contribution in [0.3, 0.4) is 0 Å². The monoisotopic (exact) mass is 310 g/mol. The zero-order valence-electron chi connectivity index (χ0n) is 12.8. The molecule has 0 aliphatic carbocycles. The molecular weight excluding hydrogens is 288 g/mol. The Hall–Kier alpha value is -2.12. The first-order chi connectivity index (χ1) is 10.6. The van der Waals surface area contributed by atoms with Crippen molar-refractivity contribution in [2.75, 3.05) is 32.7 Å². The van der Waals surface area contributed by atoms with Crippen LogP contribution < -0.4 is 15.8 Å². The van der Waals surface area contributed by atoms with Gasteiger partial charge in [0.05, 0.1) is 32.7 Å². The molecule has 0 heterocycles. The predicted octanol–water partition coefficient (Wildman–Crippen LogP) is 0.931. The summed E-state index contributed by atoms with van der Waals surface area (Å²) < 4.78 is 15.0. The van der Waals surface area contributed by atoms with E-state index in [-0.39, 0.29) is 44.0 Å². The lowest BCUT2D eigenvalue weighted by atomic mass is 10.2. The molecule has 1 atom stereocenters. The first-order valence-corrected chi connectivity index (χ1v) is 6.91. The minimum atomic E-state index is -0.323. The Bertz CT molecular complexity index is 471. The van der Waals surface area contributed by atoms with Gasteiger partial charge < -0.3 is 25.3 Å². The molecular formula is C15H22N2O5. The van der Waals surface area contributed by atoms with Gasteiger partial charge in [-0.25, -0.2) is 0 Å². The molecule has 22 heavy (non-hydrogen) atoms. The molecule has 1 aromatic carbocycles. The normalized spacial score (nSPS) is 11.6. The van der Waals surface area contributed by atoms with E-state index < -0.39 is 0 Å². The number of nitrogens with two attached hydrogens (primary N) is 1. The number of esters is 1. The van der Waals surface area contributed by atoms with Crippen LogP contribution in [-0.4, -0.2) is 45.4 Å². The summed E-state index contributed by atoms with van der Waals surface area (Å²) in [6.07, 6.45) is 0.0950. The minimum absolute atomic E-state index is 0.170. The van der Waals surface area contributed by atoms with Crippen LogP contribution >= 0.6 is 0 Å². The quantitative estimate of drug-likeness (QED) is 0.658. The topological polar surface area (TPSA) is 99.9 Å². The van der Waals surface area contributed by atoms with E-state index in [1.807, 2.05) is 0 Å². The molecule has 0 saturated carbocycles. The van der Waals surface area contributed by atoms with E-state index in [4.69, 9.17) is 15.2 Å². The van der Waals surface area contributed by atoms with Crippen LogP contribution in [0.25, 0.3) is 0 Å². The summed E-state index contributed by atoms with van der Waals surface area (Å²) in [7, 11) is 2.85. The van der Waals surface area contributed by atoms with Gasteiger partial charge in [0.25, 0.3) is 0 Å². The Morgan fingerprint density at radius 1 is 1.23 bits per heavy atom. The van der Waals surface area contributed by atoms with Gasteiger partial charge in [0.2, 0.25) is 5.91 Å². The number of rotatable bonds is 9. The van der Waals surface area contributed by atoms with Crippen molar-refractivity contribution < 1.29 is 23.8 Å². The molecule has 122 valence electrons. The average molecular weight is 310 g/mol. The molecule has 0 bridgehead atoms. The molecule has 1 rings (SSSR count). The van der Waals surface area contributed by atoms with Crippen LogP contribution in [0.2, 0.25) is 0 Å². The van der Waals surface area contributed by atoms with Gasteiger partial charge in [0.1, 0.15) is 5.75 Å². The van der Waals surface area contributed by atoms with E-state index in [1.165, 1.54) is 14.2 Å². The molecule has 0 aliphatic rings. The molecule has 0 fully saturated rings. The highest BCUT2D eigenvalue weighted by molar-refractivity contribution is 5.91.